The van der Waals surface area contributed by atoms with Gasteiger partial charge in [-0.15, -0.1) is 0 Å². The molecule has 0 saturated heterocycles. The zero-order valence-corrected chi connectivity index (χ0v) is 12.2. The molecule has 0 aliphatic carbocycles. The smallest absolute Gasteiger partial charge is 0.326 e. The van der Waals surface area contributed by atoms with E-state index in [2.05, 4.69) is 21.2 Å². The summed E-state index contributed by atoms with van der Waals surface area (Å²) in [5.41, 5.74) is -0.177. The third kappa shape index (κ3) is 4.02. The fourth-order valence-electron chi connectivity index (χ4n) is 1.57. The zero-order chi connectivity index (χ0) is 14.6. The van der Waals surface area contributed by atoms with E-state index in [0.717, 1.165) is 6.07 Å². The van der Waals surface area contributed by atoms with E-state index in [1.54, 1.807) is 6.92 Å². The van der Waals surface area contributed by atoms with Gasteiger partial charge in [0.2, 0.25) is 0 Å². The highest BCUT2D eigenvalue weighted by atomic mass is 79.9. The molecule has 4 nitrogen and oxygen atoms in total. The van der Waals surface area contributed by atoms with Gasteiger partial charge in [0.15, 0.2) is 0 Å². The molecule has 6 heteroatoms. The van der Waals surface area contributed by atoms with Crippen molar-refractivity contribution in [3.63, 3.8) is 0 Å². The average molecular weight is 332 g/mol. The molecule has 0 saturated carbocycles. The Morgan fingerprint density at radius 3 is 2.63 bits per heavy atom. The number of benzene rings is 1. The van der Waals surface area contributed by atoms with Crippen LogP contribution in [0.5, 0.6) is 0 Å². The molecule has 1 unspecified atom stereocenters. The Labute approximate surface area is 119 Å². The first-order valence-electron chi connectivity index (χ1n) is 5.85. The second-order valence-electron chi connectivity index (χ2n) is 4.30. The van der Waals surface area contributed by atoms with Crippen LogP contribution in [0.2, 0.25) is 0 Å². The molecule has 0 bridgehead atoms. The molecule has 104 valence electrons. The summed E-state index contributed by atoms with van der Waals surface area (Å²) < 4.78 is 14.1. The van der Waals surface area contributed by atoms with Crippen molar-refractivity contribution in [3.05, 3.63) is 34.1 Å². The lowest BCUT2D eigenvalue weighted by Crippen LogP contribution is -2.45. The lowest BCUT2D eigenvalue weighted by Gasteiger charge is -2.20. The minimum Gasteiger partial charge on any atom is -0.480 e. The molecule has 0 heterocycles. The number of carboxylic acids is 1. The Morgan fingerprint density at radius 1 is 1.47 bits per heavy atom. The normalized spacial score (nSPS) is 13.7. The van der Waals surface area contributed by atoms with E-state index < -0.39 is 23.7 Å². The van der Waals surface area contributed by atoms with Crippen LogP contribution in [-0.2, 0) is 4.79 Å². The number of carboxylic acid groups (broad SMARTS) is 1. The molecule has 0 radical (unpaired) electrons. The van der Waals surface area contributed by atoms with E-state index >= 15 is 0 Å². The van der Waals surface area contributed by atoms with Crippen LogP contribution in [0.1, 0.15) is 30.6 Å². The molecular formula is C13H15BrFNO3. The first-order valence-corrected chi connectivity index (χ1v) is 6.64. The predicted molar refractivity (Wildman–Crippen MR) is 72.4 cm³/mol. The fraction of sp³-hybridized carbons (Fsp3) is 0.385. The Balaban J connectivity index is 2.94. The molecule has 0 aromatic heterocycles. The summed E-state index contributed by atoms with van der Waals surface area (Å²) >= 11 is 3.14. The molecule has 0 spiro atoms. The van der Waals surface area contributed by atoms with Gasteiger partial charge in [0.25, 0.3) is 5.91 Å². The van der Waals surface area contributed by atoms with Gasteiger partial charge < -0.3 is 10.4 Å². The topological polar surface area (TPSA) is 66.4 Å². The summed E-state index contributed by atoms with van der Waals surface area (Å²) in [6.07, 6.45) is 0.595. The minimum absolute atomic E-state index is 0.177. The number of halogens is 2. The highest BCUT2D eigenvalue weighted by Gasteiger charge is 2.26. The molecule has 1 aromatic rings. The summed E-state index contributed by atoms with van der Waals surface area (Å²) in [5, 5.41) is 11.4. The van der Waals surface area contributed by atoms with Gasteiger partial charge in [0.05, 0.1) is 5.56 Å². The van der Waals surface area contributed by atoms with E-state index in [1.165, 1.54) is 12.1 Å². The summed E-state index contributed by atoms with van der Waals surface area (Å²) in [6.45, 7) is 3.54. The number of hydrogen-bond acceptors (Lipinski definition) is 2. The average Bonchev–Trinajstić information content (AvgIpc) is 2.37. The molecule has 2 atom stereocenters. The van der Waals surface area contributed by atoms with Crippen molar-refractivity contribution in [1.82, 2.24) is 5.32 Å². The van der Waals surface area contributed by atoms with Gasteiger partial charge in [-0.25, -0.2) is 9.18 Å². The number of hydrogen-bond donors (Lipinski definition) is 2. The van der Waals surface area contributed by atoms with Gasteiger partial charge in [-0.3, -0.25) is 4.79 Å². The first-order chi connectivity index (χ1) is 8.86. The van der Waals surface area contributed by atoms with Crippen molar-refractivity contribution in [2.24, 2.45) is 5.92 Å². The largest absolute Gasteiger partial charge is 0.480 e. The second kappa shape index (κ2) is 6.65. The molecule has 1 amide bonds. The lowest BCUT2D eigenvalue weighted by molar-refractivity contribution is -0.140. The van der Waals surface area contributed by atoms with Gasteiger partial charge >= 0.3 is 5.97 Å². The maximum Gasteiger partial charge on any atom is 0.326 e. The van der Waals surface area contributed by atoms with Crippen molar-refractivity contribution in [2.75, 3.05) is 0 Å². The summed E-state index contributed by atoms with van der Waals surface area (Å²) in [5.74, 6) is -2.78. The molecule has 1 rings (SSSR count). The van der Waals surface area contributed by atoms with Crippen LogP contribution in [0.3, 0.4) is 0 Å². The Hall–Kier alpha value is -1.43. The van der Waals surface area contributed by atoms with Gasteiger partial charge in [-0.1, -0.05) is 36.2 Å². The van der Waals surface area contributed by atoms with Crippen LogP contribution in [0.4, 0.5) is 4.39 Å². The van der Waals surface area contributed by atoms with Crippen LogP contribution < -0.4 is 5.32 Å². The second-order valence-corrected chi connectivity index (χ2v) is 5.21. The molecule has 0 aliphatic heterocycles. The highest BCUT2D eigenvalue weighted by molar-refractivity contribution is 9.10. The molecule has 1 aromatic carbocycles. The maximum atomic E-state index is 13.5. The van der Waals surface area contributed by atoms with Gasteiger partial charge in [0.1, 0.15) is 11.9 Å². The van der Waals surface area contributed by atoms with Crippen LogP contribution in [0.25, 0.3) is 0 Å². The number of amides is 1. The summed E-state index contributed by atoms with van der Waals surface area (Å²) in [7, 11) is 0. The lowest BCUT2D eigenvalue weighted by atomic mass is 9.99. The van der Waals surface area contributed by atoms with Gasteiger partial charge in [0, 0.05) is 4.47 Å². The van der Waals surface area contributed by atoms with Gasteiger partial charge in [-0.05, 0) is 24.1 Å². The Kier molecular flexibility index (Phi) is 5.47. The standard InChI is InChI=1S/C13H15BrFNO3/c1-3-7(2)11(13(18)19)16-12(17)9-6-8(14)4-5-10(9)15/h4-7,11H,3H2,1-2H3,(H,16,17)(H,18,19)/t7?,11-/m0/s1. The highest BCUT2D eigenvalue weighted by Crippen LogP contribution is 2.16. The molecule has 0 fully saturated rings. The van der Waals surface area contributed by atoms with E-state index in [-0.39, 0.29) is 11.5 Å². The number of aliphatic carboxylic acids is 1. The molecule has 2 N–H and O–H groups in total. The SMILES string of the molecule is CCC(C)[C@H](NC(=O)c1cc(Br)ccc1F)C(=O)O. The molecule has 19 heavy (non-hydrogen) atoms. The van der Waals surface area contributed by atoms with Crippen molar-refractivity contribution in [1.29, 1.82) is 0 Å². The monoisotopic (exact) mass is 331 g/mol. The minimum atomic E-state index is -1.13. The predicted octanol–water partition coefficient (Wildman–Crippen LogP) is 2.82. The van der Waals surface area contributed by atoms with E-state index in [0.29, 0.717) is 10.9 Å². The number of rotatable bonds is 5. The third-order valence-electron chi connectivity index (χ3n) is 2.94. The van der Waals surface area contributed by atoms with Crippen molar-refractivity contribution >= 4 is 27.8 Å². The Morgan fingerprint density at radius 2 is 2.11 bits per heavy atom. The third-order valence-corrected chi connectivity index (χ3v) is 3.43. The van der Waals surface area contributed by atoms with Crippen LogP contribution >= 0.6 is 15.9 Å². The number of nitrogens with one attached hydrogen (secondary N) is 1. The molecular weight excluding hydrogens is 317 g/mol. The zero-order valence-electron chi connectivity index (χ0n) is 10.6. The molecule has 0 aliphatic rings. The number of carbonyl (C=O) groups is 2. The van der Waals surface area contributed by atoms with Crippen LogP contribution in [0.15, 0.2) is 22.7 Å². The number of carbonyl (C=O) groups excluding carboxylic acids is 1. The van der Waals surface area contributed by atoms with Crippen molar-refractivity contribution in [2.45, 2.75) is 26.3 Å². The maximum absolute atomic E-state index is 13.5. The quantitative estimate of drug-likeness (QED) is 0.871. The van der Waals surface area contributed by atoms with Crippen molar-refractivity contribution in [3.8, 4) is 0 Å². The fourth-order valence-corrected chi connectivity index (χ4v) is 1.93. The van der Waals surface area contributed by atoms with E-state index in [4.69, 9.17) is 5.11 Å². The van der Waals surface area contributed by atoms with E-state index in [1.807, 2.05) is 6.92 Å². The summed E-state index contributed by atoms with van der Waals surface area (Å²) in [4.78, 5) is 23.0. The summed E-state index contributed by atoms with van der Waals surface area (Å²) in [6, 6.07) is 2.91. The first kappa shape index (κ1) is 15.6. The van der Waals surface area contributed by atoms with Gasteiger partial charge in [-0.2, -0.15) is 0 Å². The Bertz CT molecular complexity index is 493. The van der Waals surface area contributed by atoms with Crippen molar-refractivity contribution < 1.29 is 19.1 Å². The van der Waals surface area contributed by atoms with Crippen LogP contribution in [-0.4, -0.2) is 23.0 Å². The van der Waals surface area contributed by atoms with Crippen LogP contribution in [0, 0.1) is 11.7 Å². The van der Waals surface area contributed by atoms with E-state index in [9.17, 15) is 14.0 Å².